The van der Waals surface area contributed by atoms with Crippen LogP contribution < -0.4 is 5.32 Å². The molecular weight excluding hydrogens is 344 g/mol. The zero-order valence-corrected chi connectivity index (χ0v) is 14.8. The Labute approximate surface area is 156 Å². The lowest BCUT2D eigenvalue weighted by molar-refractivity contribution is 0.0342. The summed E-state index contributed by atoms with van der Waals surface area (Å²) in [5.74, 6) is -0.167. The molecule has 0 spiro atoms. The first-order chi connectivity index (χ1) is 13.3. The molecule has 1 aliphatic rings. The van der Waals surface area contributed by atoms with E-state index in [0.717, 1.165) is 49.8 Å². The third kappa shape index (κ3) is 4.18. The Hall–Kier alpha value is -3.10. The van der Waals surface area contributed by atoms with Crippen LogP contribution in [0.25, 0.3) is 5.69 Å². The van der Waals surface area contributed by atoms with Crippen LogP contribution >= 0.6 is 0 Å². The van der Waals surface area contributed by atoms with Crippen molar-refractivity contribution in [3.63, 3.8) is 0 Å². The normalized spacial score (nSPS) is 14.8. The third-order valence-corrected chi connectivity index (χ3v) is 4.49. The second-order valence-corrected chi connectivity index (χ2v) is 6.30. The van der Waals surface area contributed by atoms with E-state index >= 15 is 0 Å². The number of tetrazole rings is 1. The standard InChI is InChI=1S/C19H20N6O2/c26-19(15-5-3-6-17(12-15)25-14-20-22-23-25)21-18-7-2-1-4-16(18)13-24-8-10-27-11-9-24/h1-7,12,14H,8-11,13H2,(H,21,26). The molecule has 1 aliphatic heterocycles. The second kappa shape index (κ2) is 8.07. The highest BCUT2D eigenvalue weighted by atomic mass is 16.5. The smallest absolute Gasteiger partial charge is 0.255 e. The van der Waals surface area contributed by atoms with Gasteiger partial charge in [0.25, 0.3) is 5.91 Å². The maximum atomic E-state index is 12.8. The van der Waals surface area contributed by atoms with Gasteiger partial charge in [-0.05, 0) is 40.3 Å². The van der Waals surface area contributed by atoms with Crippen molar-refractivity contribution < 1.29 is 9.53 Å². The van der Waals surface area contributed by atoms with Gasteiger partial charge in [-0.25, -0.2) is 4.68 Å². The van der Waals surface area contributed by atoms with E-state index in [1.54, 1.807) is 12.1 Å². The van der Waals surface area contributed by atoms with Crippen LogP contribution in [0.2, 0.25) is 0 Å². The van der Waals surface area contributed by atoms with E-state index in [2.05, 4.69) is 25.7 Å². The molecule has 27 heavy (non-hydrogen) atoms. The highest BCUT2D eigenvalue weighted by Crippen LogP contribution is 2.19. The van der Waals surface area contributed by atoms with Gasteiger partial charge in [-0.1, -0.05) is 24.3 Å². The van der Waals surface area contributed by atoms with Crippen molar-refractivity contribution in [3.05, 3.63) is 66.0 Å². The molecule has 2 aromatic carbocycles. The van der Waals surface area contributed by atoms with Crippen LogP contribution in [-0.4, -0.2) is 57.3 Å². The van der Waals surface area contributed by atoms with Crippen LogP contribution in [0.3, 0.4) is 0 Å². The molecule has 0 unspecified atom stereocenters. The molecule has 1 amide bonds. The van der Waals surface area contributed by atoms with Crippen molar-refractivity contribution in [2.45, 2.75) is 6.54 Å². The summed E-state index contributed by atoms with van der Waals surface area (Å²) >= 11 is 0. The number of aromatic nitrogens is 4. The summed E-state index contributed by atoms with van der Waals surface area (Å²) in [5, 5.41) is 14.1. The predicted molar refractivity (Wildman–Crippen MR) is 99.6 cm³/mol. The average molecular weight is 364 g/mol. The van der Waals surface area contributed by atoms with Crippen LogP contribution in [0, 0.1) is 0 Å². The summed E-state index contributed by atoms with van der Waals surface area (Å²) in [6, 6.07) is 15.1. The van der Waals surface area contributed by atoms with E-state index in [0.29, 0.717) is 5.56 Å². The average Bonchev–Trinajstić information content (AvgIpc) is 3.25. The summed E-state index contributed by atoms with van der Waals surface area (Å²) in [7, 11) is 0. The first-order valence-corrected chi connectivity index (χ1v) is 8.82. The highest BCUT2D eigenvalue weighted by Gasteiger charge is 2.14. The fourth-order valence-electron chi connectivity index (χ4n) is 3.04. The monoisotopic (exact) mass is 364 g/mol. The molecule has 1 saturated heterocycles. The molecule has 0 aliphatic carbocycles. The number of hydrogen-bond donors (Lipinski definition) is 1. The van der Waals surface area contributed by atoms with Crippen LogP contribution in [0.15, 0.2) is 54.9 Å². The van der Waals surface area contributed by atoms with Crippen molar-refractivity contribution in [1.29, 1.82) is 0 Å². The number of morpholine rings is 1. The second-order valence-electron chi connectivity index (χ2n) is 6.30. The lowest BCUT2D eigenvalue weighted by Gasteiger charge is -2.27. The fourth-order valence-corrected chi connectivity index (χ4v) is 3.04. The highest BCUT2D eigenvalue weighted by molar-refractivity contribution is 6.05. The van der Waals surface area contributed by atoms with Crippen molar-refractivity contribution in [3.8, 4) is 5.69 Å². The van der Waals surface area contributed by atoms with Crippen LogP contribution in [0.4, 0.5) is 5.69 Å². The van der Waals surface area contributed by atoms with E-state index in [1.165, 1.54) is 11.0 Å². The minimum Gasteiger partial charge on any atom is -0.379 e. The minimum absolute atomic E-state index is 0.167. The number of rotatable bonds is 5. The molecule has 0 radical (unpaired) electrons. The zero-order chi connectivity index (χ0) is 18.5. The molecule has 138 valence electrons. The molecule has 4 rings (SSSR count). The molecule has 0 saturated carbocycles. The number of carbonyl (C=O) groups is 1. The first kappa shape index (κ1) is 17.3. The van der Waals surface area contributed by atoms with Gasteiger partial charge in [0, 0.05) is 30.9 Å². The van der Waals surface area contributed by atoms with Gasteiger partial charge in [-0.2, -0.15) is 0 Å². The lowest BCUT2D eigenvalue weighted by atomic mass is 10.1. The summed E-state index contributed by atoms with van der Waals surface area (Å²) in [5.41, 5.74) is 3.18. The predicted octanol–water partition coefficient (Wildman–Crippen LogP) is 1.75. The van der Waals surface area contributed by atoms with E-state index in [4.69, 9.17) is 4.74 Å². The van der Waals surface area contributed by atoms with Gasteiger partial charge in [-0.15, -0.1) is 5.10 Å². The zero-order valence-electron chi connectivity index (χ0n) is 14.8. The van der Waals surface area contributed by atoms with Crippen molar-refractivity contribution in [2.75, 3.05) is 31.6 Å². The quantitative estimate of drug-likeness (QED) is 0.742. The molecule has 0 atom stereocenters. The number of amides is 1. The maximum Gasteiger partial charge on any atom is 0.255 e. The summed E-state index contributed by atoms with van der Waals surface area (Å²) in [6.07, 6.45) is 1.49. The number of benzene rings is 2. The van der Waals surface area contributed by atoms with Gasteiger partial charge in [0.15, 0.2) is 0 Å². The van der Waals surface area contributed by atoms with Gasteiger partial charge in [0.05, 0.1) is 18.9 Å². The topological polar surface area (TPSA) is 85.2 Å². The summed E-state index contributed by atoms with van der Waals surface area (Å²) in [6.45, 7) is 4.08. The van der Waals surface area contributed by atoms with Crippen LogP contribution in [0.5, 0.6) is 0 Å². The van der Waals surface area contributed by atoms with Crippen molar-refractivity contribution >= 4 is 11.6 Å². The maximum absolute atomic E-state index is 12.8. The molecule has 1 aromatic heterocycles. The number of carbonyl (C=O) groups excluding carboxylic acids is 1. The van der Waals surface area contributed by atoms with Gasteiger partial charge in [0.2, 0.25) is 0 Å². The van der Waals surface area contributed by atoms with E-state index in [-0.39, 0.29) is 5.91 Å². The minimum atomic E-state index is -0.167. The van der Waals surface area contributed by atoms with Crippen LogP contribution in [0.1, 0.15) is 15.9 Å². The molecule has 1 fully saturated rings. The Morgan fingerprint density at radius 3 is 2.78 bits per heavy atom. The number of para-hydroxylation sites is 1. The number of hydrogen-bond acceptors (Lipinski definition) is 6. The lowest BCUT2D eigenvalue weighted by Crippen LogP contribution is -2.35. The van der Waals surface area contributed by atoms with Gasteiger partial charge < -0.3 is 10.1 Å². The number of anilines is 1. The molecular formula is C19H20N6O2. The Kier molecular flexibility index (Phi) is 5.17. The third-order valence-electron chi connectivity index (χ3n) is 4.49. The van der Waals surface area contributed by atoms with E-state index in [1.807, 2.05) is 36.4 Å². The Bertz CT molecular complexity index is 906. The molecule has 8 heteroatoms. The Balaban J connectivity index is 1.51. The number of nitrogens with zero attached hydrogens (tertiary/aromatic N) is 5. The molecule has 8 nitrogen and oxygen atoms in total. The van der Waals surface area contributed by atoms with Crippen molar-refractivity contribution in [2.24, 2.45) is 0 Å². The number of ether oxygens (including phenoxy) is 1. The SMILES string of the molecule is O=C(Nc1ccccc1CN1CCOCC1)c1cccc(-n2cnnn2)c1. The van der Waals surface area contributed by atoms with E-state index < -0.39 is 0 Å². The largest absolute Gasteiger partial charge is 0.379 e. The van der Waals surface area contributed by atoms with Gasteiger partial charge in [0.1, 0.15) is 6.33 Å². The molecule has 1 N–H and O–H groups in total. The summed E-state index contributed by atoms with van der Waals surface area (Å²) in [4.78, 5) is 15.1. The van der Waals surface area contributed by atoms with Gasteiger partial charge >= 0.3 is 0 Å². The molecule has 3 aromatic rings. The summed E-state index contributed by atoms with van der Waals surface area (Å²) < 4.78 is 6.92. The van der Waals surface area contributed by atoms with Gasteiger partial charge in [-0.3, -0.25) is 9.69 Å². The Morgan fingerprint density at radius 1 is 1.11 bits per heavy atom. The fraction of sp³-hybridized carbons (Fsp3) is 0.263. The first-order valence-electron chi connectivity index (χ1n) is 8.82. The number of nitrogens with one attached hydrogen (secondary N) is 1. The Morgan fingerprint density at radius 2 is 1.96 bits per heavy atom. The van der Waals surface area contributed by atoms with Crippen LogP contribution in [-0.2, 0) is 11.3 Å². The molecule has 0 bridgehead atoms. The molecule has 2 heterocycles. The van der Waals surface area contributed by atoms with E-state index in [9.17, 15) is 4.79 Å². The van der Waals surface area contributed by atoms with Crippen molar-refractivity contribution in [1.82, 2.24) is 25.1 Å².